The molecule has 0 heterocycles. The highest BCUT2D eigenvalue weighted by Crippen LogP contribution is 2.29. The van der Waals surface area contributed by atoms with Crippen LogP contribution in [0.5, 0.6) is 11.5 Å². The molecule has 1 atom stereocenters. The number of hydrogen-bond donors (Lipinski definition) is 1. The van der Waals surface area contributed by atoms with E-state index in [-0.39, 0.29) is 5.91 Å². The first-order valence-electron chi connectivity index (χ1n) is 6.98. The van der Waals surface area contributed by atoms with Crippen molar-refractivity contribution in [1.29, 1.82) is 0 Å². The van der Waals surface area contributed by atoms with E-state index >= 15 is 0 Å². The number of nitrogens with one attached hydrogen (secondary N) is 1. The summed E-state index contributed by atoms with van der Waals surface area (Å²) >= 11 is 6.82. The zero-order valence-corrected chi connectivity index (χ0v) is 16.2. The zero-order valence-electron chi connectivity index (χ0n) is 13.0. The smallest absolute Gasteiger partial charge is 0.265 e. The number of amides is 1. The van der Waals surface area contributed by atoms with E-state index in [1.165, 1.54) is 0 Å². The van der Waals surface area contributed by atoms with E-state index in [4.69, 9.17) is 9.47 Å². The summed E-state index contributed by atoms with van der Waals surface area (Å²) in [7, 11) is 1.56. The predicted octanol–water partition coefficient (Wildman–Crippen LogP) is 4.93. The molecule has 122 valence electrons. The molecule has 0 spiro atoms. The Balaban J connectivity index is 2.10. The van der Waals surface area contributed by atoms with Gasteiger partial charge in [0.15, 0.2) is 6.10 Å². The maximum absolute atomic E-state index is 12.4. The molecule has 0 bridgehead atoms. The van der Waals surface area contributed by atoms with Crippen LogP contribution in [0, 0.1) is 6.92 Å². The van der Waals surface area contributed by atoms with Gasteiger partial charge in [-0.25, -0.2) is 0 Å². The largest absolute Gasteiger partial charge is 0.495 e. The van der Waals surface area contributed by atoms with Crippen molar-refractivity contribution in [2.75, 3.05) is 12.4 Å². The van der Waals surface area contributed by atoms with Crippen LogP contribution in [0.1, 0.15) is 12.5 Å². The fourth-order valence-electron chi connectivity index (χ4n) is 1.96. The first kappa shape index (κ1) is 17.8. The lowest BCUT2D eigenvalue weighted by molar-refractivity contribution is -0.122. The van der Waals surface area contributed by atoms with Gasteiger partial charge < -0.3 is 14.8 Å². The van der Waals surface area contributed by atoms with Gasteiger partial charge in [0.05, 0.1) is 17.3 Å². The Bertz CT molecular complexity index is 719. The van der Waals surface area contributed by atoms with E-state index in [1.807, 2.05) is 31.2 Å². The molecule has 2 aromatic rings. The number of rotatable bonds is 5. The highest BCUT2D eigenvalue weighted by Gasteiger charge is 2.18. The van der Waals surface area contributed by atoms with Gasteiger partial charge in [-0.05, 0) is 65.7 Å². The Kier molecular flexibility index (Phi) is 6.07. The second-order valence-electron chi connectivity index (χ2n) is 5.03. The summed E-state index contributed by atoms with van der Waals surface area (Å²) in [4.78, 5) is 12.4. The van der Waals surface area contributed by atoms with Gasteiger partial charge in [0.1, 0.15) is 11.5 Å². The Morgan fingerprint density at radius 2 is 1.83 bits per heavy atom. The van der Waals surface area contributed by atoms with Crippen molar-refractivity contribution in [3.8, 4) is 11.5 Å². The molecule has 4 nitrogen and oxygen atoms in total. The minimum absolute atomic E-state index is 0.256. The van der Waals surface area contributed by atoms with Crippen molar-refractivity contribution in [3.63, 3.8) is 0 Å². The molecule has 0 fully saturated rings. The van der Waals surface area contributed by atoms with Gasteiger partial charge in [-0.3, -0.25) is 4.79 Å². The number of halogens is 2. The van der Waals surface area contributed by atoms with E-state index in [2.05, 4.69) is 37.2 Å². The van der Waals surface area contributed by atoms with E-state index in [0.717, 1.165) is 14.5 Å². The molecule has 0 aliphatic carbocycles. The summed E-state index contributed by atoms with van der Waals surface area (Å²) in [5, 5.41) is 2.82. The van der Waals surface area contributed by atoms with Crippen molar-refractivity contribution in [2.45, 2.75) is 20.0 Å². The van der Waals surface area contributed by atoms with Crippen molar-refractivity contribution >= 4 is 43.5 Å². The summed E-state index contributed by atoms with van der Waals surface area (Å²) < 4.78 is 12.6. The second kappa shape index (κ2) is 7.84. The summed E-state index contributed by atoms with van der Waals surface area (Å²) in [6.45, 7) is 3.69. The molecular formula is C17H17Br2NO3. The lowest BCUT2D eigenvalue weighted by Crippen LogP contribution is -2.30. The third kappa shape index (κ3) is 4.72. The van der Waals surface area contributed by atoms with Crippen LogP contribution >= 0.6 is 31.9 Å². The summed E-state index contributed by atoms with van der Waals surface area (Å²) in [5.41, 5.74) is 1.70. The first-order chi connectivity index (χ1) is 10.9. The molecular weight excluding hydrogens is 426 g/mol. The SMILES string of the molecule is COc1ccc(Br)cc1NC(=O)C(C)Oc1ccc(C)cc1Br. The molecule has 0 radical (unpaired) electrons. The van der Waals surface area contributed by atoms with Crippen LogP contribution in [0.3, 0.4) is 0 Å². The molecule has 0 aliphatic heterocycles. The molecule has 0 aromatic heterocycles. The Morgan fingerprint density at radius 3 is 2.48 bits per heavy atom. The van der Waals surface area contributed by atoms with Crippen molar-refractivity contribution in [3.05, 3.63) is 50.9 Å². The van der Waals surface area contributed by atoms with Crippen molar-refractivity contribution in [1.82, 2.24) is 0 Å². The highest BCUT2D eigenvalue weighted by molar-refractivity contribution is 9.10. The topological polar surface area (TPSA) is 47.6 Å². The maximum Gasteiger partial charge on any atom is 0.265 e. The minimum Gasteiger partial charge on any atom is -0.495 e. The van der Waals surface area contributed by atoms with E-state index in [9.17, 15) is 4.79 Å². The van der Waals surface area contributed by atoms with Crippen LogP contribution in [-0.2, 0) is 4.79 Å². The van der Waals surface area contributed by atoms with Crippen LogP contribution in [0.25, 0.3) is 0 Å². The summed E-state index contributed by atoms with van der Waals surface area (Å²) in [6.07, 6.45) is -0.655. The van der Waals surface area contributed by atoms with Crippen molar-refractivity contribution < 1.29 is 14.3 Å². The number of anilines is 1. The fraction of sp³-hybridized carbons (Fsp3) is 0.235. The Labute approximate surface area is 152 Å². The second-order valence-corrected chi connectivity index (χ2v) is 6.80. The quantitative estimate of drug-likeness (QED) is 0.713. The third-order valence-electron chi connectivity index (χ3n) is 3.18. The fourth-order valence-corrected chi connectivity index (χ4v) is 2.91. The Morgan fingerprint density at radius 1 is 1.13 bits per heavy atom. The lowest BCUT2D eigenvalue weighted by Gasteiger charge is -2.17. The van der Waals surface area contributed by atoms with Crippen LogP contribution in [0.4, 0.5) is 5.69 Å². The van der Waals surface area contributed by atoms with Gasteiger partial charge in [-0.15, -0.1) is 0 Å². The average molecular weight is 443 g/mol. The highest BCUT2D eigenvalue weighted by atomic mass is 79.9. The van der Waals surface area contributed by atoms with E-state index in [0.29, 0.717) is 17.2 Å². The number of benzene rings is 2. The van der Waals surface area contributed by atoms with E-state index < -0.39 is 6.10 Å². The Hall–Kier alpha value is -1.53. The van der Waals surface area contributed by atoms with Gasteiger partial charge in [0, 0.05) is 4.47 Å². The van der Waals surface area contributed by atoms with Gasteiger partial charge >= 0.3 is 0 Å². The number of ether oxygens (including phenoxy) is 2. The van der Waals surface area contributed by atoms with Crippen LogP contribution in [-0.4, -0.2) is 19.1 Å². The first-order valence-corrected chi connectivity index (χ1v) is 8.56. The molecule has 2 aromatic carbocycles. The standard InChI is InChI=1S/C17H17Br2NO3/c1-10-4-6-15(13(19)8-10)23-11(2)17(21)20-14-9-12(18)5-7-16(14)22-3/h4-9,11H,1-3H3,(H,20,21). The molecule has 0 aliphatic rings. The van der Waals surface area contributed by atoms with Gasteiger partial charge in [0.2, 0.25) is 0 Å². The van der Waals surface area contributed by atoms with Crippen LogP contribution in [0.15, 0.2) is 45.3 Å². The molecule has 2 rings (SSSR count). The van der Waals surface area contributed by atoms with Gasteiger partial charge in [-0.1, -0.05) is 22.0 Å². The predicted molar refractivity (Wildman–Crippen MR) is 98.3 cm³/mol. The molecule has 1 unspecified atom stereocenters. The molecule has 0 saturated carbocycles. The van der Waals surface area contributed by atoms with Gasteiger partial charge in [-0.2, -0.15) is 0 Å². The lowest BCUT2D eigenvalue weighted by atomic mass is 10.2. The van der Waals surface area contributed by atoms with Gasteiger partial charge in [0.25, 0.3) is 5.91 Å². The number of aryl methyl sites for hydroxylation is 1. The van der Waals surface area contributed by atoms with Crippen molar-refractivity contribution in [2.24, 2.45) is 0 Å². The van der Waals surface area contributed by atoms with E-state index in [1.54, 1.807) is 26.2 Å². The molecule has 1 N–H and O–H groups in total. The van der Waals surface area contributed by atoms with Crippen LogP contribution in [0.2, 0.25) is 0 Å². The number of carbonyl (C=O) groups excluding carboxylic acids is 1. The van der Waals surface area contributed by atoms with Crippen LogP contribution < -0.4 is 14.8 Å². The molecule has 6 heteroatoms. The number of carbonyl (C=O) groups is 1. The summed E-state index contributed by atoms with van der Waals surface area (Å²) in [6, 6.07) is 11.1. The molecule has 1 amide bonds. The average Bonchev–Trinajstić information content (AvgIpc) is 2.50. The number of methoxy groups -OCH3 is 1. The zero-order chi connectivity index (χ0) is 17.0. The number of hydrogen-bond acceptors (Lipinski definition) is 3. The minimum atomic E-state index is -0.655. The third-order valence-corrected chi connectivity index (χ3v) is 4.29. The monoisotopic (exact) mass is 441 g/mol. The molecule has 23 heavy (non-hydrogen) atoms. The molecule has 0 saturated heterocycles. The maximum atomic E-state index is 12.4. The normalized spacial score (nSPS) is 11.7. The summed E-state index contributed by atoms with van der Waals surface area (Å²) in [5.74, 6) is 0.957.